The standard InChI is InChI=1S/C15H25NO2S/c1-5-7-14(16-6-2)11-19(17,18)15-9-8-12(3)10-13(15)4/h8-10,14,16H,5-7,11H2,1-4H3. The summed E-state index contributed by atoms with van der Waals surface area (Å²) in [6.45, 7) is 8.72. The van der Waals surface area contributed by atoms with E-state index in [1.807, 2.05) is 32.9 Å². The quantitative estimate of drug-likeness (QED) is 0.837. The third-order valence-electron chi connectivity index (χ3n) is 3.22. The summed E-state index contributed by atoms with van der Waals surface area (Å²) in [6, 6.07) is 5.56. The Morgan fingerprint density at radius 3 is 2.42 bits per heavy atom. The third kappa shape index (κ3) is 4.62. The predicted octanol–water partition coefficient (Wildman–Crippen LogP) is 2.86. The Bertz CT molecular complexity index is 503. The zero-order valence-electron chi connectivity index (χ0n) is 12.4. The van der Waals surface area contributed by atoms with E-state index in [-0.39, 0.29) is 11.8 Å². The van der Waals surface area contributed by atoms with Crippen LogP contribution in [-0.2, 0) is 9.84 Å². The van der Waals surface area contributed by atoms with Crippen molar-refractivity contribution in [3.63, 3.8) is 0 Å². The minimum atomic E-state index is -3.21. The molecule has 1 rings (SSSR count). The fraction of sp³-hybridized carbons (Fsp3) is 0.600. The molecule has 0 aliphatic heterocycles. The molecule has 1 aromatic carbocycles. The summed E-state index contributed by atoms with van der Waals surface area (Å²) < 4.78 is 25.0. The van der Waals surface area contributed by atoms with Crippen LogP contribution < -0.4 is 5.32 Å². The molecule has 1 atom stereocenters. The minimum Gasteiger partial charge on any atom is -0.313 e. The monoisotopic (exact) mass is 283 g/mol. The second kappa shape index (κ2) is 7.06. The van der Waals surface area contributed by atoms with Crippen molar-refractivity contribution < 1.29 is 8.42 Å². The van der Waals surface area contributed by atoms with Crippen LogP contribution in [0.3, 0.4) is 0 Å². The molecule has 0 saturated heterocycles. The molecule has 0 heterocycles. The fourth-order valence-corrected chi connectivity index (χ4v) is 4.20. The van der Waals surface area contributed by atoms with E-state index in [1.165, 1.54) is 0 Å². The maximum atomic E-state index is 12.5. The van der Waals surface area contributed by atoms with Crippen LogP contribution in [0.25, 0.3) is 0 Å². The molecule has 3 nitrogen and oxygen atoms in total. The Labute approximate surface area is 117 Å². The number of hydrogen-bond donors (Lipinski definition) is 1. The van der Waals surface area contributed by atoms with Crippen molar-refractivity contribution in [2.24, 2.45) is 0 Å². The molecule has 0 bridgehead atoms. The normalized spacial score (nSPS) is 13.5. The second-order valence-electron chi connectivity index (χ2n) is 5.09. The first-order valence-corrected chi connectivity index (χ1v) is 8.59. The summed E-state index contributed by atoms with van der Waals surface area (Å²) >= 11 is 0. The van der Waals surface area contributed by atoms with E-state index in [1.54, 1.807) is 6.07 Å². The Kier molecular flexibility index (Phi) is 6.01. The summed E-state index contributed by atoms with van der Waals surface area (Å²) in [5.41, 5.74) is 1.93. The van der Waals surface area contributed by atoms with Crippen molar-refractivity contribution in [2.75, 3.05) is 12.3 Å². The van der Waals surface area contributed by atoms with Crippen molar-refractivity contribution in [2.45, 2.75) is 51.5 Å². The van der Waals surface area contributed by atoms with E-state index in [0.29, 0.717) is 4.90 Å². The van der Waals surface area contributed by atoms with Crippen LogP contribution in [0.15, 0.2) is 23.1 Å². The van der Waals surface area contributed by atoms with Crippen molar-refractivity contribution >= 4 is 9.84 Å². The average Bonchev–Trinajstić information content (AvgIpc) is 2.28. The van der Waals surface area contributed by atoms with Gasteiger partial charge < -0.3 is 5.32 Å². The molecule has 0 aromatic heterocycles. The van der Waals surface area contributed by atoms with Crippen molar-refractivity contribution in [1.29, 1.82) is 0 Å². The van der Waals surface area contributed by atoms with Gasteiger partial charge in [-0.1, -0.05) is 38.0 Å². The Morgan fingerprint density at radius 2 is 1.89 bits per heavy atom. The predicted molar refractivity (Wildman–Crippen MR) is 80.3 cm³/mol. The highest BCUT2D eigenvalue weighted by Crippen LogP contribution is 2.19. The lowest BCUT2D eigenvalue weighted by molar-refractivity contribution is 0.512. The molecule has 0 spiro atoms. The summed E-state index contributed by atoms with van der Waals surface area (Å²) in [6.07, 6.45) is 1.87. The smallest absolute Gasteiger partial charge is 0.180 e. The number of nitrogens with one attached hydrogen (secondary N) is 1. The van der Waals surface area contributed by atoms with Crippen molar-refractivity contribution in [1.82, 2.24) is 5.32 Å². The fourth-order valence-electron chi connectivity index (χ4n) is 2.38. The van der Waals surface area contributed by atoms with E-state index in [0.717, 1.165) is 30.5 Å². The van der Waals surface area contributed by atoms with Crippen LogP contribution in [-0.4, -0.2) is 26.8 Å². The molecule has 0 fully saturated rings. The zero-order chi connectivity index (χ0) is 14.5. The number of rotatable bonds is 7. The molecule has 1 N–H and O–H groups in total. The van der Waals surface area contributed by atoms with E-state index in [9.17, 15) is 8.42 Å². The first kappa shape index (κ1) is 16.2. The van der Waals surface area contributed by atoms with Gasteiger partial charge >= 0.3 is 0 Å². The van der Waals surface area contributed by atoms with Crippen LogP contribution in [0.4, 0.5) is 0 Å². The Hall–Kier alpha value is -0.870. The van der Waals surface area contributed by atoms with Crippen LogP contribution in [0, 0.1) is 13.8 Å². The molecule has 0 aliphatic carbocycles. The molecule has 108 valence electrons. The summed E-state index contributed by atoms with van der Waals surface area (Å²) in [5, 5.41) is 3.26. The molecule has 0 amide bonds. The lowest BCUT2D eigenvalue weighted by Gasteiger charge is -2.18. The van der Waals surface area contributed by atoms with Gasteiger partial charge in [-0.2, -0.15) is 0 Å². The SMILES string of the molecule is CCCC(CS(=O)(=O)c1ccc(C)cc1C)NCC. The molecule has 0 radical (unpaired) electrons. The van der Waals surface area contributed by atoms with Crippen molar-refractivity contribution in [3.05, 3.63) is 29.3 Å². The van der Waals surface area contributed by atoms with E-state index >= 15 is 0 Å². The molecular weight excluding hydrogens is 258 g/mol. The molecule has 19 heavy (non-hydrogen) atoms. The number of sulfone groups is 1. The Balaban J connectivity index is 2.96. The first-order valence-electron chi connectivity index (χ1n) is 6.94. The van der Waals surface area contributed by atoms with Gasteiger partial charge in [-0.05, 0) is 38.4 Å². The van der Waals surface area contributed by atoms with Gasteiger partial charge in [-0.25, -0.2) is 8.42 Å². The van der Waals surface area contributed by atoms with Gasteiger partial charge in [0.05, 0.1) is 10.6 Å². The summed E-state index contributed by atoms with van der Waals surface area (Å²) in [4.78, 5) is 0.470. The van der Waals surface area contributed by atoms with Crippen molar-refractivity contribution in [3.8, 4) is 0 Å². The second-order valence-corrected chi connectivity index (χ2v) is 7.10. The van der Waals surface area contributed by atoms with Gasteiger partial charge in [0.1, 0.15) is 0 Å². The van der Waals surface area contributed by atoms with E-state index < -0.39 is 9.84 Å². The lowest BCUT2D eigenvalue weighted by Crippen LogP contribution is -2.35. The molecular formula is C15H25NO2S. The van der Waals surface area contributed by atoms with Crippen LogP contribution in [0.5, 0.6) is 0 Å². The summed E-state index contributed by atoms with van der Waals surface area (Å²) in [5.74, 6) is 0.179. The molecule has 4 heteroatoms. The number of hydrogen-bond acceptors (Lipinski definition) is 3. The van der Waals surface area contributed by atoms with Gasteiger partial charge in [-0.3, -0.25) is 0 Å². The van der Waals surface area contributed by atoms with Crippen LogP contribution >= 0.6 is 0 Å². The molecule has 1 unspecified atom stereocenters. The zero-order valence-corrected chi connectivity index (χ0v) is 13.2. The minimum absolute atomic E-state index is 0.0423. The van der Waals surface area contributed by atoms with Gasteiger partial charge in [0.2, 0.25) is 0 Å². The third-order valence-corrected chi connectivity index (χ3v) is 5.19. The maximum Gasteiger partial charge on any atom is 0.180 e. The van der Waals surface area contributed by atoms with Gasteiger partial charge in [0, 0.05) is 6.04 Å². The highest BCUT2D eigenvalue weighted by molar-refractivity contribution is 7.91. The van der Waals surface area contributed by atoms with E-state index in [4.69, 9.17) is 0 Å². The van der Waals surface area contributed by atoms with Gasteiger partial charge in [0.15, 0.2) is 9.84 Å². The Morgan fingerprint density at radius 1 is 1.21 bits per heavy atom. The van der Waals surface area contributed by atoms with Crippen LogP contribution in [0.1, 0.15) is 37.8 Å². The van der Waals surface area contributed by atoms with Gasteiger partial charge in [-0.15, -0.1) is 0 Å². The summed E-state index contributed by atoms with van der Waals surface area (Å²) in [7, 11) is -3.21. The van der Waals surface area contributed by atoms with Gasteiger partial charge in [0.25, 0.3) is 0 Å². The van der Waals surface area contributed by atoms with E-state index in [2.05, 4.69) is 12.2 Å². The largest absolute Gasteiger partial charge is 0.313 e. The topological polar surface area (TPSA) is 46.2 Å². The number of aryl methyl sites for hydroxylation is 2. The lowest BCUT2D eigenvalue weighted by atomic mass is 10.2. The maximum absolute atomic E-state index is 12.5. The first-order chi connectivity index (χ1) is 8.90. The molecule has 1 aromatic rings. The number of benzene rings is 1. The highest BCUT2D eigenvalue weighted by atomic mass is 32.2. The molecule has 0 aliphatic rings. The average molecular weight is 283 g/mol. The van der Waals surface area contributed by atoms with Crippen LogP contribution in [0.2, 0.25) is 0 Å². The molecule has 0 saturated carbocycles. The highest BCUT2D eigenvalue weighted by Gasteiger charge is 2.21.